The molecule has 1 aromatic heterocycles. The van der Waals surface area contributed by atoms with Crippen LogP contribution in [0.4, 0.5) is 14.6 Å². The molecule has 0 radical (unpaired) electrons. The molecule has 16 heavy (non-hydrogen) atoms. The van der Waals surface area contributed by atoms with Gasteiger partial charge in [0.15, 0.2) is 0 Å². The van der Waals surface area contributed by atoms with Gasteiger partial charge >= 0.3 is 0 Å². The Hall–Kier alpha value is -1.69. The van der Waals surface area contributed by atoms with E-state index < -0.39 is 11.6 Å². The zero-order valence-electron chi connectivity index (χ0n) is 8.02. The van der Waals surface area contributed by atoms with Gasteiger partial charge in [0, 0.05) is 11.0 Å². The zero-order chi connectivity index (χ0) is 11.5. The quantitative estimate of drug-likeness (QED) is 0.874. The Morgan fingerprint density at radius 1 is 1.06 bits per heavy atom. The summed E-state index contributed by atoms with van der Waals surface area (Å²) in [6.07, 6.45) is 0. The number of rotatable bonds is 2. The molecule has 0 unspecified atom stereocenters. The highest BCUT2D eigenvalue weighted by Gasteiger charge is 2.06. The third kappa shape index (κ3) is 2.46. The number of nitrogen functional groups attached to an aromatic ring is 1. The van der Waals surface area contributed by atoms with Crippen LogP contribution in [0.1, 0.15) is 0 Å². The minimum absolute atomic E-state index is 0.292. The molecule has 1 aromatic carbocycles. The van der Waals surface area contributed by atoms with Gasteiger partial charge in [0.05, 0.1) is 0 Å². The van der Waals surface area contributed by atoms with E-state index in [-0.39, 0.29) is 0 Å². The van der Waals surface area contributed by atoms with E-state index in [1.807, 2.05) is 0 Å². The molecule has 0 amide bonds. The summed E-state index contributed by atoms with van der Waals surface area (Å²) in [4.78, 5) is 0.292. The van der Waals surface area contributed by atoms with Gasteiger partial charge in [-0.2, -0.15) is 0 Å². The van der Waals surface area contributed by atoms with Crippen molar-refractivity contribution >= 4 is 17.6 Å². The molecule has 1 heterocycles. The predicted octanol–water partition coefficient (Wildman–Crippen LogP) is 2.49. The van der Waals surface area contributed by atoms with Crippen LogP contribution in [0.3, 0.4) is 0 Å². The number of hydrogen-bond donors (Lipinski definition) is 1. The second-order valence-electron chi connectivity index (χ2n) is 2.97. The van der Waals surface area contributed by atoms with Gasteiger partial charge < -0.3 is 5.73 Å². The SMILES string of the molecule is Nc1ccc(Sc2ccc(F)cc2F)nn1. The molecule has 0 spiro atoms. The molecule has 82 valence electrons. The lowest BCUT2D eigenvalue weighted by molar-refractivity contribution is 0.565. The maximum atomic E-state index is 13.3. The number of benzene rings is 1. The molecule has 0 atom stereocenters. The maximum absolute atomic E-state index is 13.3. The number of nitrogens with zero attached hydrogens (tertiary/aromatic N) is 2. The van der Waals surface area contributed by atoms with E-state index in [0.717, 1.165) is 17.8 Å². The third-order valence-corrected chi connectivity index (χ3v) is 2.75. The van der Waals surface area contributed by atoms with E-state index in [4.69, 9.17) is 5.73 Å². The molecule has 6 heteroatoms. The van der Waals surface area contributed by atoms with Crippen molar-refractivity contribution in [3.8, 4) is 0 Å². The van der Waals surface area contributed by atoms with Crippen molar-refractivity contribution in [2.45, 2.75) is 9.92 Å². The fraction of sp³-hybridized carbons (Fsp3) is 0. The van der Waals surface area contributed by atoms with Gasteiger partial charge in [-0.25, -0.2) is 8.78 Å². The topological polar surface area (TPSA) is 51.8 Å². The van der Waals surface area contributed by atoms with Gasteiger partial charge in [0.1, 0.15) is 22.5 Å². The van der Waals surface area contributed by atoms with E-state index in [2.05, 4.69) is 10.2 Å². The molecule has 0 aliphatic rings. The van der Waals surface area contributed by atoms with Crippen LogP contribution in [0, 0.1) is 11.6 Å². The molecule has 0 aliphatic heterocycles. The summed E-state index contributed by atoms with van der Waals surface area (Å²) in [5, 5.41) is 7.90. The van der Waals surface area contributed by atoms with Crippen LogP contribution in [0.25, 0.3) is 0 Å². The highest BCUT2D eigenvalue weighted by molar-refractivity contribution is 7.99. The summed E-state index contributed by atoms with van der Waals surface area (Å²) in [6, 6.07) is 6.56. The van der Waals surface area contributed by atoms with Gasteiger partial charge in [-0.05, 0) is 24.3 Å². The summed E-state index contributed by atoms with van der Waals surface area (Å²) < 4.78 is 25.9. The standard InChI is InChI=1S/C10H7F2N3S/c11-6-1-2-8(7(12)5-6)16-10-4-3-9(13)14-15-10/h1-5H,(H2,13,14). The molecule has 3 nitrogen and oxygen atoms in total. The second-order valence-corrected chi connectivity index (χ2v) is 4.04. The monoisotopic (exact) mass is 239 g/mol. The Morgan fingerprint density at radius 2 is 1.88 bits per heavy atom. The van der Waals surface area contributed by atoms with Crippen LogP contribution in [0.15, 0.2) is 40.3 Å². The molecular formula is C10H7F2N3S. The van der Waals surface area contributed by atoms with Gasteiger partial charge in [-0.15, -0.1) is 10.2 Å². The summed E-state index contributed by atoms with van der Waals surface area (Å²) in [7, 11) is 0. The van der Waals surface area contributed by atoms with Crippen LogP contribution >= 0.6 is 11.8 Å². The first-order chi connectivity index (χ1) is 7.65. The Kier molecular flexibility index (Phi) is 3.00. The number of nitrogens with two attached hydrogens (primary N) is 1. The first-order valence-corrected chi connectivity index (χ1v) is 5.19. The van der Waals surface area contributed by atoms with Crippen LogP contribution in [-0.2, 0) is 0 Å². The van der Waals surface area contributed by atoms with Crippen molar-refractivity contribution < 1.29 is 8.78 Å². The summed E-state index contributed by atoms with van der Waals surface area (Å²) in [5.41, 5.74) is 5.36. The first-order valence-electron chi connectivity index (χ1n) is 4.37. The van der Waals surface area contributed by atoms with E-state index in [0.29, 0.717) is 15.7 Å². The molecule has 0 saturated heterocycles. The van der Waals surface area contributed by atoms with E-state index in [1.54, 1.807) is 12.1 Å². The van der Waals surface area contributed by atoms with Crippen LogP contribution in [0.2, 0.25) is 0 Å². The Morgan fingerprint density at radius 3 is 2.50 bits per heavy atom. The highest BCUT2D eigenvalue weighted by atomic mass is 32.2. The smallest absolute Gasteiger partial charge is 0.146 e. The highest BCUT2D eigenvalue weighted by Crippen LogP contribution is 2.28. The van der Waals surface area contributed by atoms with Gasteiger partial charge in [-0.1, -0.05) is 11.8 Å². The molecule has 0 bridgehead atoms. The molecule has 0 fully saturated rings. The van der Waals surface area contributed by atoms with Crippen molar-refractivity contribution in [1.82, 2.24) is 10.2 Å². The molecular weight excluding hydrogens is 232 g/mol. The summed E-state index contributed by atoms with van der Waals surface area (Å²) >= 11 is 1.06. The molecule has 2 rings (SSSR count). The largest absolute Gasteiger partial charge is 0.382 e. The van der Waals surface area contributed by atoms with Crippen molar-refractivity contribution in [2.75, 3.05) is 5.73 Å². The lowest BCUT2D eigenvalue weighted by Gasteiger charge is -2.01. The number of halogens is 2. The van der Waals surface area contributed by atoms with Gasteiger partial charge in [0.2, 0.25) is 0 Å². The van der Waals surface area contributed by atoms with Crippen molar-refractivity contribution in [3.05, 3.63) is 42.0 Å². The Bertz CT molecular complexity index is 502. The molecule has 0 saturated carbocycles. The summed E-state index contributed by atoms with van der Waals surface area (Å²) in [6.45, 7) is 0. The van der Waals surface area contributed by atoms with Gasteiger partial charge in [-0.3, -0.25) is 0 Å². The van der Waals surface area contributed by atoms with Crippen LogP contribution in [0.5, 0.6) is 0 Å². The fourth-order valence-electron chi connectivity index (χ4n) is 1.06. The molecule has 2 aromatic rings. The fourth-order valence-corrected chi connectivity index (χ4v) is 1.79. The van der Waals surface area contributed by atoms with E-state index in [9.17, 15) is 8.78 Å². The molecule has 2 N–H and O–H groups in total. The lowest BCUT2D eigenvalue weighted by atomic mass is 10.3. The van der Waals surface area contributed by atoms with Gasteiger partial charge in [0.25, 0.3) is 0 Å². The second kappa shape index (κ2) is 4.44. The molecule has 0 aliphatic carbocycles. The van der Waals surface area contributed by atoms with Crippen LogP contribution in [-0.4, -0.2) is 10.2 Å². The van der Waals surface area contributed by atoms with Crippen molar-refractivity contribution in [1.29, 1.82) is 0 Å². The van der Waals surface area contributed by atoms with Crippen molar-refractivity contribution in [3.63, 3.8) is 0 Å². The average Bonchev–Trinajstić information content (AvgIpc) is 2.25. The Balaban J connectivity index is 2.23. The zero-order valence-corrected chi connectivity index (χ0v) is 8.84. The maximum Gasteiger partial charge on any atom is 0.146 e. The average molecular weight is 239 g/mol. The lowest BCUT2D eigenvalue weighted by Crippen LogP contribution is -1.93. The Labute approximate surface area is 94.7 Å². The van der Waals surface area contributed by atoms with E-state index in [1.165, 1.54) is 12.1 Å². The number of aromatic nitrogens is 2. The van der Waals surface area contributed by atoms with E-state index >= 15 is 0 Å². The normalized spacial score (nSPS) is 10.4. The van der Waals surface area contributed by atoms with Crippen molar-refractivity contribution in [2.24, 2.45) is 0 Å². The summed E-state index contributed by atoms with van der Waals surface area (Å²) in [5.74, 6) is -0.933. The first kappa shape index (κ1) is 10.8. The van der Waals surface area contributed by atoms with Crippen LogP contribution < -0.4 is 5.73 Å². The minimum Gasteiger partial charge on any atom is -0.382 e. The third-order valence-electron chi connectivity index (χ3n) is 1.77. The number of anilines is 1. The number of hydrogen-bond acceptors (Lipinski definition) is 4. The minimum atomic E-state index is -0.622. The predicted molar refractivity (Wildman–Crippen MR) is 56.9 cm³/mol.